The van der Waals surface area contributed by atoms with Crippen LogP contribution in [0.15, 0.2) is 60.7 Å². The number of ketones is 2. The van der Waals surface area contributed by atoms with Gasteiger partial charge in [-0.1, -0.05) is 60.7 Å². The van der Waals surface area contributed by atoms with Gasteiger partial charge in [-0.3, -0.25) is 9.59 Å². The molecule has 27 heavy (non-hydrogen) atoms. The lowest BCUT2D eigenvalue weighted by Gasteiger charge is -2.25. The molecule has 0 bridgehead atoms. The number of carbonyl (C=O) groups is 2. The summed E-state index contributed by atoms with van der Waals surface area (Å²) in [6.45, 7) is 1.14. The number of nitrogens with zero attached hydrogens (tertiary/aromatic N) is 1. The van der Waals surface area contributed by atoms with Gasteiger partial charge in [-0.25, -0.2) is 0 Å². The maximum Gasteiger partial charge on any atom is 0.300 e. The SMILES string of the molecule is CN(C)CCCC1COC(C(=O)c2ccccc2)(C(=O)c2ccccc2)O1. The van der Waals surface area contributed by atoms with Gasteiger partial charge in [-0.05, 0) is 33.5 Å². The van der Waals surface area contributed by atoms with Crippen molar-refractivity contribution in [2.75, 3.05) is 27.2 Å². The normalized spacial score (nSPS) is 18.6. The standard InChI is InChI=1S/C22H25NO4/c1-23(2)15-9-14-19-16-26-22(27-19,20(24)17-10-5-3-6-11-17)21(25)18-12-7-4-8-13-18/h3-8,10-13,19H,9,14-16H2,1-2H3. The van der Waals surface area contributed by atoms with E-state index in [0.29, 0.717) is 11.1 Å². The van der Waals surface area contributed by atoms with Crippen LogP contribution in [0.1, 0.15) is 33.6 Å². The van der Waals surface area contributed by atoms with Gasteiger partial charge in [-0.15, -0.1) is 0 Å². The van der Waals surface area contributed by atoms with E-state index in [4.69, 9.17) is 9.47 Å². The molecule has 5 nitrogen and oxygen atoms in total. The Bertz CT molecular complexity index is 722. The topological polar surface area (TPSA) is 55.8 Å². The summed E-state index contributed by atoms with van der Waals surface area (Å²) in [5, 5.41) is 0. The highest BCUT2D eigenvalue weighted by Crippen LogP contribution is 2.33. The van der Waals surface area contributed by atoms with E-state index in [0.717, 1.165) is 19.4 Å². The average molecular weight is 367 g/mol. The van der Waals surface area contributed by atoms with Crippen LogP contribution >= 0.6 is 0 Å². The van der Waals surface area contributed by atoms with Gasteiger partial charge in [0, 0.05) is 11.1 Å². The first-order valence-electron chi connectivity index (χ1n) is 9.19. The van der Waals surface area contributed by atoms with E-state index in [-0.39, 0.29) is 12.7 Å². The monoisotopic (exact) mass is 367 g/mol. The molecule has 1 atom stereocenters. The van der Waals surface area contributed by atoms with E-state index in [9.17, 15) is 9.59 Å². The highest BCUT2D eigenvalue weighted by Gasteiger charge is 2.54. The van der Waals surface area contributed by atoms with Crippen molar-refractivity contribution in [2.45, 2.75) is 24.7 Å². The molecule has 1 heterocycles. The van der Waals surface area contributed by atoms with Crippen LogP contribution in [0.4, 0.5) is 0 Å². The minimum absolute atomic E-state index is 0.227. The van der Waals surface area contributed by atoms with E-state index < -0.39 is 17.4 Å². The molecule has 0 aliphatic carbocycles. The van der Waals surface area contributed by atoms with Crippen LogP contribution in [0.2, 0.25) is 0 Å². The number of hydrogen-bond donors (Lipinski definition) is 0. The third-order valence-electron chi connectivity index (χ3n) is 4.61. The Morgan fingerprint density at radius 2 is 1.48 bits per heavy atom. The Kier molecular flexibility index (Phi) is 6.16. The third-order valence-corrected chi connectivity index (χ3v) is 4.61. The van der Waals surface area contributed by atoms with Crippen LogP contribution in [0, 0.1) is 0 Å². The second-order valence-corrected chi connectivity index (χ2v) is 7.00. The molecule has 1 unspecified atom stereocenters. The molecule has 1 aliphatic rings. The summed E-state index contributed by atoms with van der Waals surface area (Å²) in [5.74, 6) is -2.81. The highest BCUT2D eigenvalue weighted by atomic mass is 16.8. The third kappa shape index (κ3) is 4.33. The van der Waals surface area contributed by atoms with Gasteiger partial charge in [0.25, 0.3) is 5.79 Å². The summed E-state index contributed by atoms with van der Waals surface area (Å²) >= 11 is 0. The Balaban J connectivity index is 1.86. The van der Waals surface area contributed by atoms with Gasteiger partial charge in [0.05, 0.1) is 12.7 Å². The van der Waals surface area contributed by atoms with Crippen molar-refractivity contribution in [1.82, 2.24) is 4.90 Å². The van der Waals surface area contributed by atoms with E-state index >= 15 is 0 Å². The van der Waals surface area contributed by atoms with Crippen molar-refractivity contribution >= 4 is 11.6 Å². The van der Waals surface area contributed by atoms with Crippen LogP contribution in [0.25, 0.3) is 0 Å². The van der Waals surface area contributed by atoms with Gasteiger partial charge in [0.15, 0.2) is 0 Å². The Labute approximate surface area is 159 Å². The van der Waals surface area contributed by atoms with Crippen LogP contribution in [0.5, 0.6) is 0 Å². The average Bonchev–Trinajstić information content (AvgIpc) is 3.13. The number of Topliss-reactive ketones (excluding diaryl/α,β-unsaturated/α-hetero) is 2. The lowest BCUT2D eigenvalue weighted by atomic mass is 9.95. The Morgan fingerprint density at radius 1 is 0.963 bits per heavy atom. The fourth-order valence-electron chi connectivity index (χ4n) is 3.19. The largest absolute Gasteiger partial charge is 0.334 e. The van der Waals surface area contributed by atoms with Gasteiger partial charge in [0.2, 0.25) is 11.6 Å². The smallest absolute Gasteiger partial charge is 0.300 e. The summed E-state index contributed by atoms with van der Waals surface area (Å²) in [4.78, 5) is 28.6. The minimum atomic E-state index is -1.91. The van der Waals surface area contributed by atoms with Crippen molar-refractivity contribution in [2.24, 2.45) is 0 Å². The fraction of sp³-hybridized carbons (Fsp3) is 0.364. The Hall–Kier alpha value is -2.34. The Morgan fingerprint density at radius 3 is 1.96 bits per heavy atom. The van der Waals surface area contributed by atoms with Crippen molar-refractivity contribution in [3.63, 3.8) is 0 Å². The van der Waals surface area contributed by atoms with Gasteiger partial charge >= 0.3 is 0 Å². The molecule has 142 valence electrons. The second-order valence-electron chi connectivity index (χ2n) is 7.00. The summed E-state index contributed by atoms with van der Waals surface area (Å²) in [6, 6.07) is 17.4. The number of benzene rings is 2. The lowest BCUT2D eigenvalue weighted by molar-refractivity contribution is -0.100. The summed E-state index contributed by atoms with van der Waals surface area (Å²) < 4.78 is 11.8. The first-order valence-corrected chi connectivity index (χ1v) is 9.19. The van der Waals surface area contributed by atoms with E-state index in [1.807, 2.05) is 26.2 Å². The quantitative estimate of drug-likeness (QED) is 0.530. The number of rotatable bonds is 8. The molecule has 5 heteroatoms. The van der Waals surface area contributed by atoms with Gasteiger partial charge in [0.1, 0.15) is 0 Å². The maximum atomic E-state index is 13.2. The molecule has 0 saturated carbocycles. The fourth-order valence-corrected chi connectivity index (χ4v) is 3.19. The predicted molar refractivity (Wildman–Crippen MR) is 103 cm³/mol. The maximum absolute atomic E-state index is 13.2. The summed E-state index contributed by atoms with van der Waals surface area (Å²) in [7, 11) is 4.02. The lowest BCUT2D eigenvalue weighted by Crippen LogP contribution is -2.48. The van der Waals surface area contributed by atoms with Crippen molar-refractivity contribution in [1.29, 1.82) is 0 Å². The first-order chi connectivity index (χ1) is 13.0. The first kappa shape index (κ1) is 19.4. The van der Waals surface area contributed by atoms with Crippen molar-refractivity contribution in [3.05, 3.63) is 71.8 Å². The van der Waals surface area contributed by atoms with E-state index in [1.165, 1.54) is 0 Å². The highest BCUT2D eigenvalue weighted by molar-refractivity contribution is 6.21. The van der Waals surface area contributed by atoms with Gasteiger partial charge in [-0.2, -0.15) is 0 Å². The molecule has 1 saturated heterocycles. The second kappa shape index (κ2) is 8.57. The zero-order valence-corrected chi connectivity index (χ0v) is 15.8. The zero-order valence-electron chi connectivity index (χ0n) is 15.8. The summed E-state index contributed by atoms with van der Waals surface area (Å²) in [6.07, 6.45) is 1.34. The molecule has 2 aromatic rings. The van der Waals surface area contributed by atoms with Crippen LogP contribution in [-0.4, -0.2) is 55.6 Å². The molecule has 0 radical (unpaired) electrons. The molecule has 1 fully saturated rings. The molecule has 2 aromatic carbocycles. The molecule has 3 rings (SSSR count). The predicted octanol–water partition coefficient (Wildman–Crippen LogP) is 3.21. The summed E-state index contributed by atoms with van der Waals surface area (Å²) in [5.41, 5.74) is 0.798. The number of hydrogen-bond acceptors (Lipinski definition) is 5. The minimum Gasteiger partial charge on any atom is -0.334 e. The molecule has 1 aliphatic heterocycles. The molecular weight excluding hydrogens is 342 g/mol. The van der Waals surface area contributed by atoms with Crippen LogP contribution < -0.4 is 0 Å². The van der Waals surface area contributed by atoms with Gasteiger partial charge < -0.3 is 14.4 Å². The number of carbonyl (C=O) groups excluding carboxylic acids is 2. The van der Waals surface area contributed by atoms with Crippen LogP contribution in [-0.2, 0) is 9.47 Å². The molecule has 0 aromatic heterocycles. The van der Waals surface area contributed by atoms with Crippen molar-refractivity contribution < 1.29 is 19.1 Å². The number of ether oxygens (including phenoxy) is 2. The molecule has 0 spiro atoms. The zero-order chi connectivity index (χ0) is 19.3. The molecular formula is C22H25NO4. The molecule has 0 amide bonds. The molecule has 0 N–H and O–H groups in total. The van der Waals surface area contributed by atoms with Crippen LogP contribution in [0.3, 0.4) is 0 Å². The van der Waals surface area contributed by atoms with E-state index in [2.05, 4.69) is 4.90 Å². The van der Waals surface area contributed by atoms with E-state index in [1.54, 1.807) is 48.5 Å². The van der Waals surface area contributed by atoms with Crippen molar-refractivity contribution in [3.8, 4) is 0 Å².